The summed E-state index contributed by atoms with van der Waals surface area (Å²) < 4.78 is 28.7. The van der Waals surface area contributed by atoms with Crippen molar-refractivity contribution in [3.63, 3.8) is 0 Å². The second kappa shape index (κ2) is 8.83. The number of carbonyl (C=O) groups is 1. The summed E-state index contributed by atoms with van der Waals surface area (Å²) in [6.45, 7) is 1.79. The Morgan fingerprint density at radius 3 is 2.69 bits per heavy atom. The number of hydrogen-bond acceptors (Lipinski definition) is 8. The SMILES string of the molecule is Cc1ncc(Nc2nc(N[C@@H]3CCC[C@H](F)[C@@H]3N)c(F)cc2C(N)=O)cc1-n1nccn1. The van der Waals surface area contributed by atoms with Gasteiger partial charge in [0.2, 0.25) is 0 Å². The molecule has 0 aromatic carbocycles. The average molecular weight is 443 g/mol. The third-order valence-electron chi connectivity index (χ3n) is 5.40. The number of pyridine rings is 2. The lowest BCUT2D eigenvalue weighted by molar-refractivity contribution is 0.100. The Labute approximate surface area is 182 Å². The maximum absolute atomic E-state index is 14.7. The molecule has 3 aromatic rings. The first-order valence-electron chi connectivity index (χ1n) is 10.1. The quantitative estimate of drug-likeness (QED) is 0.452. The number of nitrogens with one attached hydrogen (secondary N) is 2. The van der Waals surface area contributed by atoms with Crippen LogP contribution in [0.15, 0.2) is 30.7 Å². The number of nitrogens with zero attached hydrogens (tertiary/aromatic N) is 5. The fraction of sp³-hybridized carbons (Fsp3) is 0.350. The number of aryl methyl sites for hydroxylation is 1. The zero-order chi connectivity index (χ0) is 22.8. The van der Waals surface area contributed by atoms with Gasteiger partial charge in [0.1, 0.15) is 17.7 Å². The van der Waals surface area contributed by atoms with E-state index in [1.54, 1.807) is 13.0 Å². The Morgan fingerprint density at radius 1 is 1.22 bits per heavy atom. The van der Waals surface area contributed by atoms with Crippen molar-refractivity contribution in [2.24, 2.45) is 11.5 Å². The highest BCUT2D eigenvalue weighted by molar-refractivity contribution is 5.98. The monoisotopic (exact) mass is 443 g/mol. The van der Waals surface area contributed by atoms with Crippen LogP contribution in [0.3, 0.4) is 0 Å². The van der Waals surface area contributed by atoms with Gasteiger partial charge in [-0.25, -0.2) is 13.8 Å². The molecule has 0 aliphatic heterocycles. The minimum absolute atomic E-state index is 0.0209. The molecule has 4 rings (SSSR count). The van der Waals surface area contributed by atoms with Gasteiger partial charge < -0.3 is 22.1 Å². The summed E-state index contributed by atoms with van der Waals surface area (Å²) in [5.41, 5.74) is 12.9. The van der Waals surface area contributed by atoms with Crippen molar-refractivity contribution in [2.75, 3.05) is 10.6 Å². The molecule has 32 heavy (non-hydrogen) atoms. The Kier molecular flexibility index (Phi) is 5.95. The summed E-state index contributed by atoms with van der Waals surface area (Å²) in [5, 5.41) is 14.0. The van der Waals surface area contributed by atoms with Crippen molar-refractivity contribution in [2.45, 2.75) is 44.4 Å². The van der Waals surface area contributed by atoms with E-state index in [1.165, 1.54) is 23.4 Å². The summed E-state index contributed by atoms with van der Waals surface area (Å²) in [6.07, 6.45) is 4.97. The molecule has 3 heterocycles. The molecule has 3 atom stereocenters. The second-order valence-corrected chi connectivity index (χ2v) is 7.63. The number of nitrogens with two attached hydrogens (primary N) is 2. The lowest BCUT2D eigenvalue weighted by atomic mass is 9.89. The first kappa shape index (κ1) is 21.6. The van der Waals surface area contributed by atoms with E-state index in [-0.39, 0.29) is 17.2 Å². The van der Waals surface area contributed by atoms with Gasteiger partial charge in [-0.05, 0) is 38.3 Å². The standard InChI is InChI=1S/C20H23F2N9O/c1-10-16(31-26-5-6-27-31)7-11(9-25-10)28-19-12(18(24)32)8-14(22)20(30-19)29-15-4-2-3-13(21)17(15)23/h5-9,13,15,17H,2-4,23H2,1H3,(H2,24,32)(H2,28,29,30)/t13-,15+,17-/m0/s1. The van der Waals surface area contributed by atoms with E-state index < -0.39 is 30.0 Å². The van der Waals surface area contributed by atoms with Crippen LogP contribution in [0.2, 0.25) is 0 Å². The first-order chi connectivity index (χ1) is 15.3. The van der Waals surface area contributed by atoms with Crippen LogP contribution in [-0.2, 0) is 0 Å². The topological polar surface area (TPSA) is 150 Å². The van der Waals surface area contributed by atoms with Gasteiger partial charge in [0.25, 0.3) is 5.91 Å². The van der Waals surface area contributed by atoms with Crippen LogP contribution >= 0.6 is 0 Å². The molecule has 0 bridgehead atoms. The molecular formula is C20H23F2N9O. The smallest absolute Gasteiger partial charge is 0.252 e. The largest absolute Gasteiger partial charge is 0.365 e. The van der Waals surface area contributed by atoms with E-state index in [9.17, 15) is 13.6 Å². The van der Waals surface area contributed by atoms with Crippen LogP contribution in [0.25, 0.3) is 5.69 Å². The van der Waals surface area contributed by atoms with E-state index in [1.807, 2.05) is 0 Å². The predicted octanol–water partition coefficient (Wildman–Crippen LogP) is 1.98. The van der Waals surface area contributed by atoms with E-state index in [4.69, 9.17) is 11.5 Å². The molecular weight excluding hydrogens is 420 g/mol. The molecule has 1 fully saturated rings. The van der Waals surface area contributed by atoms with Crippen molar-refractivity contribution in [3.05, 3.63) is 47.8 Å². The number of anilines is 3. The molecule has 12 heteroatoms. The maximum atomic E-state index is 14.7. The molecule has 0 saturated heterocycles. The summed E-state index contributed by atoms with van der Waals surface area (Å²) in [4.78, 5) is 21.8. The molecule has 0 spiro atoms. The van der Waals surface area contributed by atoms with Gasteiger partial charge in [-0.15, -0.1) is 4.80 Å². The zero-order valence-electron chi connectivity index (χ0n) is 17.3. The van der Waals surface area contributed by atoms with E-state index >= 15 is 0 Å². The van der Waals surface area contributed by atoms with E-state index in [2.05, 4.69) is 30.8 Å². The number of halogens is 2. The number of hydrogen-bond donors (Lipinski definition) is 4. The second-order valence-electron chi connectivity index (χ2n) is 7.63. The number of aromatic nitrogens is 5. The first-order valence-corrected chi connectivity index (χ1v) is 10.1. The number of amides is 1. The van der Waals surface area contributed by atoms with Crippen molar-refractivity contribution in [1.29, 1.82) is 0 Å². The highest BCUT2D eigenvalue weighted by Crippen LogP contribution is 2.28. The Morgan fingerprint density at radius 2 is 1.97 bits per heavy atom. The van der Waals surface area contributed by atoms with Gasteiger partial charge in [0.15, 0.2) is 11.6 Å². The fourth-order valence-electron chi connectivity index (χ4n) is 3.66. The molecule has 1 amide bonds. The molecule has 10 nitrogen and oxygen atoms in total. The zero-order valence-corrected chi connectivity index (χ0v) is 17.3. The van der Waals surface area contributed by atoms with Crippen molar-refractivity contribution < 1.29 is 13.6 Å². The molecule has 168 valence electrons. The van der Waals surface area contributed by atoms with Crippen molar-refractivity contribution >= 4 is 23.2 Å². The van der Waals surface area contributed by atoms with Gasteiger partial charge in [-0.1, -0.05) is 0 Å². The molecule has 1 aliphatic carbocycles. The van der Waals surface area contributed by atoms with Crippen LogP contribution in [0.5, 0.6) is 0 Å². The van der Waals surface area contributed by atoms with Gasteiger partial charge in [0, 0.05) is 6.04 Å². The summed E-state index contributed by atoms with van der Waals surface area (Å²) in [7, 11) is 0. The summed E-state index contributed by atoms with van der Waals surface area (Å²) in [5.74, 6) is -1.78. The van der Waals surface area contributed by atoms with Crippen molar-refractivity contribution in [1.82, 2.24) is 25.0 Å². The van der Waals surface area contributed by atoms with Crippen LogP contribution in [-0.4, -0.2) is 49.1 Å². The van der Waals surface area contributed by atoms with Crippen LogP contribution < -0.4 is 22.1 Å². The molecule has 0 unspecified atom stereocenters. The van der Waals surface area contributed by atoms with Gasteiger partial charge >= 0.3 is 0 Å². The van der Waals surface area contributed by atoms with Gasteiger partial charge in [-0.2, -0.15) is 10.2 Å². The highest BCUT2D eigenvalue weighted by Gasteiger charge is 2.31. The van der Waals surface area contributed by atoms with E-state index in [0.29, 0.717) is 36.3 Å². The lowest BCUT2D eigenvalue weighted by Gasteiger charge is -2.32. The van der Waals surface area contributed by atoms with Gasteiger partial charge in [-0.3, -0.25) is 9.78 Å². The Hall–Kier alpha value is -3.67. The van der Waals surface area contributed by atoms with Crippen LogP contribution in [0.1, 0.15) is 35.3 Å². The predicted molar refractivity (Wildman–Crippen MR) is 114 cm³/mol. The van der Waals surface area contributed by atoms with Crippen LogP contribution in [0.4, 0.5) is 26.1 Å². The van der Waals surface area contributed by atoms with E-state index in [0.717, 1.165) is 6.07 Å². The molecule has 1 saturated carbocycles. The minimum atomic E-state index is -1.18. The number of carbonyl (C=O) groups excluding carboxylic acids is 1. The normalized spacial score (nSPS) is 20.7. The third kappa shape index (κ3) is 4.35. The number of primary amides is 1. The molecule has 0 radical (unpaired) electrons. The average Bonchev–Trinajstić information content (AvgIpc) is 3.29. The fourth-order valence-corrected chi connectivity index (χ4v) is 3.66. The maximum Gasteiger partial charge on any atom is 0.252 e. The summed E-state index contributed by atoms with van der Waals surface area (Å²) >= 11 is 0. The molecule has 6 N–H and O–H groups in total. The Balaban J connectivity index is 1.66. The lowest BCUT2D eigenvalue weighted by Crippen LogP contribution is -2.49. The van der Waals surface area contributed by atoms with Crippen molar-refractivity contribution in [3.8, 4) is 5.69 Å². The number of alkyl halides is 1. The molecule has 3 aromatic heterocycles. The highest BCUT2D eigenvalue weighted by atomic mass is 19.1. The summed E-state index contributed by atoms with van der Waals surface area (Å²) in [6, 6.07) is 1.41. The minimum Gasteiger partial charge on any atom is -0.365 e. The third-order valence-corrected chi connectivity index (χ3v) is 5.40. The van der Waals surface area contributed by atoms with Crippen LogP contribution in [0, 0.1) is 12.7 Å². The Bertz CT molecular complexity index is 1120. The van der Waals surface area contributed by atoms with Gasteiger partial charge in [0.05, 0.1) is 41.6 Å². The molecule has 1 aliphatic rings. The number of rotatable bonds is 6.